The zero-order valence-electron chi connectivity index (χ0n) is 11.0. The van der Waals surface area contributed by atoms with Gasteiger partial charge in [-0.15, -0.1) is 0 Å². The lowest BCUT2D eigenvalue weighted by Crippen LogP contribution is -2.46. The lowest BCUT2D eigenvalue weighted by molar-refractivity contribution is 0.149. The standard InChI is InChI=1S/C14H19NO3S/c1-10-2-6-13(7-3-10)19(17,18)15-12-5-4-11(8-12)14(15)9-16/h2-3,6-7,11-12,14,16H,4-5,8-9H2,1H3/t11-,12+,14+/m1/s1. The zero-order valence-corrected chi connectivity index (χ0v) is 11.8. The fourth-order valence-corrected chi connectivity index (χ4v) is 5.39. The molecule has 0 unspecified atom stereocenters. The molecule has 1 aromatic carbocycles. The van der Waals surface area contributed by atoms with E-state index >= 15 is 0 Å². The van der Waals surface area contributed by atoms with Crippen LogP contribution in [-0.2, 0) is 10.0 Å². The molecule has 4 nitrogen and oxygen atoms in total. The lowest BCUT2D eigenvalue weighted by atomic mass is 10.0. The van der Waals surface area contributed by atoms with Crippen LogP contribution < -0.4 is 0 Å². The van der Waals surface area contributed by atoms with Gasteiger partial charge in [-0.3, -0.25) is 0 Å². The van der Waals surface area contributed by atoms with Crippen LogP contribution >= 0.6 is 0 Å². The first-order valence-electron chi connectivity index (χ1n) is 6.75. The molecule has 19 heavy (non-hydrogen) atoms. The molecule has 1 heterocycles. The highest BCUT2D eigenvalue weighted by Gasteiger charge is 2.50. The van der Waals surface area contributed by atoms with Crippen molar-refractivity contribution in [2.75, 3.05) is 6.61 Å². The lowest BCUT2D eigenvalue weighted by Gasteiger charge is -2.33. The van der Waals surface area contributed by atoms with Crippen molar-refractivity contribution in [1.82, 2.24) is 4.31 Å². The largest absolute Gasteiger partial charge is 0.395 e. The maximum atomic E-state index is 12.7. The van der Waals surface area contributed by atoms with Gasteiger partial charge in [0.05, 0.1) is 17.5 Å². The van der Waals surface area contributed by atoms with E-state index in [4.69, 9.17) is 0 Å². The van der Waals surface area contributed by atoms with Crippen LogP contribution in [0.2, 0.25) is 0 Å². The molecule has 3 rings (SSSR count). The Bertz CT molecular complexity index is 567. The molecule has 0 radical (unpaired) electrons. The molecule has 2 aliphatic rings. The number of benzene rings is 1. The average molecular weight is 281 g/mol. The van der Waals surface area contributed by atoms with Gasteiger partial charge < -0.3 is 5.11 Å². The van der Waals surface area contributed by atoms with Gasteiger partial charge in [-0.1, -0.05) is 17.7 Å². The number of sulfonamides is 1. The van der Waals surface area contributed by atoms with Gasteiger partial charge >= 0.3 is 0 Å². The predicted octanol–water partition coefficient (Wildman–Crippen LogP) is 1.53. The Morgan fingerprint density at radius 1 is 1.26 bits per heavy atom. The third-order valence-corrected chi connectivity index (χ3v) is 6.45. The van der Waals surface area contributed by atoms with Crippen LogP contribution in [0.4, 0.5) is 0 Å². The van der Waals surface area contributed by atoms with E-state index in [9.17, 15) is 13.5 Å². The van der Waals surface area contributed by atoms with E-state index in [1.165, 1.54) is 0 Å². The Balaban J connectivity index is 1.98. The Kier molecular flexibility index (Phi) is 3.15. The topological polar surface area (TPSA) is 57.6 Å². The fraction of sp³-hybridized carbons (Fsp3) is 0.571. The Morgan fingerprint density at radius 2 is 1.95 bits per heavy atom. The molecule has 1 aliphatic heterocycles. The van der Waals surface area contributed by atoms with Crippen molar-refractivity contribution in [3.05, 3.63) is 29.8 Å². The summed E-state index contributed by atoms with van der Waals surface area (Å²) in [4.78, 5) is 0.337. The van der Waals surface area contributed by atoms with E-state index < -0.39 is 10.0 Å². The van der Waals surface area contributed by atoms with Gasteiger partial charge in [0.25, 0.3) is 0 Å². The van der Waals surface area contributed by atoms with Crippen LogP contribution in [0.5, 0.6) is 0 Å². The monoisotopic (exact) mass is 281 g/mol. The Labute approximate surface area is 114 Å². The molecule has 1 saturated heterocycles. The number of fused-ring (bicyclic) bond motifs is 2. The summed E-state index contributed by atoms with van der Waals surface area (Å²) in [7, 11) is -3.47. The van der Waals surface area contributed by atoms with Crippen molar-refractivity contribution < 1.29 is 13.5 Å². The predicted molar refractivity (Wildman–Crippen MR) is 72.2 cm³/mol. The van der Waals surface area contributed by atoms with Gasteiger partial charge in [0.1, 0.15) is 0 Å². The molecule has 2 bridgehead atoms. The zero-order chi connectivity index (χ0) is 13.6. The number of rotatable bonds is 3. The Hall–Kier alpha value is -0.910. The van der Waals surface area contributed by atoms with Crippen LogP contribution in [-0.4, -0.2) is 36.5 Å². The van der Waals surface area contributed by atoms with Crippen LogP contribution in [0.1, 0.15) is 24.8 Å². The molecule has 2 fully saturated rings. The van der Waals surface area contributed by atoms with Crippen LogP contribution in [0.3, 0.4) is 0 Å². The number of piperidine rings is 1. The van der Waals surface area contributed by atoms with Crippen LogP contribution in [0, 0.1) is 12.8 Å². The van der Waals surface area contributed by atoms with Crippen molar-refractivity contribution in [3.63, 3.8) is 0 Å². The number of aliphatic hydroxyl groups is 1. The molecule has 1 aromatic rings. The van der Waals surface area contributed by atoms with Crippen molar-refractivity contribution in [1.29, 1.82) is 0 Å². The number of hydrogen-bond donors (Lipinski definition) is 1. The molecule has 104 valence electrons. The normalized spacial score (nSPS) is 30.9. The summed E-state index contributed by atoms with van der Waals surface area (Å²) in [6, 6.07) is 6.79. The van der Waals surface area contributed by atoms with Crippen molar-refractivity contribution >= 4 is 10.0 Å². The summed E-state index contributed by atoms with van der Waals surface area (Å²) in [6.07, 6.45) is 2.86. The van der Waals surface area contributed by atoms with Crippen LogP contribution in [0.15, 0.2) is 29.2 Å². The molecule has 1 aliphatic carbocycles. The smallest absolute Gasteiger partial charge is 0.243 e. The molecular formula is C14H19NO3S. The second kappa shape index (κ2) is 4.58. The molecule has 0 amide bonds. The quantitative estimate of drug-likeness (QED) is 0.914. The maximum absolute atomic E-state index is 12.7. The number of hydrogen-bond acceptors (Lipinski definition) is 3. The number of aryl methyl sites for hydroxylation is 1. The molecule has 0 spiro atoms. The van der Waals surface area contributed by atoms with Gasteiger partial charge in [-0.2, -0.15) is 4.31 Å². The van der Waals surface area contributed by atoms with Gasteiger partial charge in [0, 0.05) is 6.04 Å². The highest BCUT2D eigenvalue weighted by atomic mass is 32.2. The second-order valence-corrected chi connectivity index (χ2v) is 7.47. The summed E-state index contributed by atoms with van der Waals surface area (Å²) < 4.78 is 27.0. The number of nitrogens with zero attached hydrogens (tertiary/aromatic N) is 1. The number of aliphatic hydroxyl groups excluding tert-OH is 1. The molecule has 1 N–H and O–H groups in total. The minimum Gasteiger partial charge on any atom is -0.395 e. The van der Waals surface area contributed by atoms with Crippen LogP contribution in [0.25, 0.3) is 0 Å². The van der Waals surface area contributed by atoms with E-state index in [1.807, 2.05) is 19.1 Å². The van der Waals surface area contributed by atoms with E-state index in [0.29, 0.717) is 10.8 Å². The van der Waals surface area contributed by atoms with E-state index in [2.05, 4.69) is 0 Å². The Morgan fingerprint density at radius 3 is 2.58 bits per heavy atom. The van der Waals surface area contributed by atoms with Gasteiger partial charge in [0.2, 0.25) is 10.0 Å². The third-order valence-electron chi connectivity index (χ3n) is 4.46. The maximum Gasteiger partial charge on any atom is 0.243 e. The first kappa shape index (κ1) is 13.1. The first-order valence-corrected chi connectivity index (χ1v) is 8.19. The molecule has 1 saturated carbocycles. The first-order chi connectivity index (χ1) is 9.04. The molecule has 5 heteroatoms. The van der Waals surface area contributed by atoms with Gasteiger partial charge in [0.15, 0.2) is 0 Å². The molecule has 0 aromatic heterocycles. The summed E-state index contributed by atoms with van der Waals surface area (Å²) in [6.45, 7) is 1.86. The second-order valence-electron chi connectivity index (χ2n) is 5.62. The van der Waals surface area contributed by atoms with Crippen molar-refractivity contribution in [2.45, 2.75) is 43.2 Å². The SMILES string of the molecule is Cc1ccc(S(=O)(=O)N2[C@H]3CC[C@H](C3)[C@@H]2CO)cc1. The summed E-state index contributed by atoms with van der Waals surface area (Å²) in [5, 5.41) is 9.51. The minimum atomic E-state index is -3.47. The van der Waals surface area contributed by atoms with E-state index in [1.54, 1.807) is 16.4 Å². The average Bonchev–Trinajstić information content (AvgIpc) is 2.99. The summed E-state index contributed by atoms with van der Waals surface area (Å²) in [5.74, 6) is 0.329. The van der Waals surface area contributed by atoms with Gasteiger partial charge in [-0.05, 0) is 44.2 Å². The highest BCUT2D eigenvalue weighted by molar-refractivity contribution is 7.89. The fourth-order valence-electron chi connectivity index (χ4n) is 3.49. The summed E-state index contributed by atoms with van der Waals surface area (Å²) in [5.41, 5.74) is 1.04. The third kappa shape index (κ3) is 2.00. The van der Waals surface area contributed by atoms with E-state index in [-0.39, 0.29) is 18.7 Å². The van der Waals surface area contributed by atoms with E-state index in [0.717, 1.165) is 24.8 Å². The molecular weight excluding hydrogens is 262 g/mol. The van der Waals surface area contributed by atoms with Crippen molar-refractivity contribution in [3.8, 4) is 0 Å². The molecule has 3 atom stereocenters. The summed E-state index contributed by atoms with van der Waals surface area (Å²) >= 11 is 0. The minimum absolute atomic E-state index is 0.0771. The highest BCUT2D eigenvalue weighted by Crippen LogP contribution is 2.44. The van der Waals surface area contributed by atoms with Gasteiger partial charge in [-0.25, -0.2) is 8.42 Å². The van der Waals surface area contributed by atoms with Crippen molar-refractivity contribution in [2.24, 2.45) is 5.92 Å².